The Morgan fingerprint density at radius 3 is 3.08 bits per heavy atom. The Morgan fingerprint density at radius 1 is 1.52 bits per heavy atom. The Balaban J connectivity index is 2.08. The van der Waals surface area contributed by atoms with E-state index in [1.165, 1.54) is 0 Å². The molecule has 1 amide bonds. The third-order valence-electron chi connectivity index (χ3n) is 4.17. The van der Waals surface area contributed by atoms with Crippen molar-refractivity contribution in [3.63, 3.8) is 0 Å². The van der Waals surface area contributed by atoms with Gasteiger partial charge in [0.25, 0.3) is 0 Å². The van der Waals surface area contributed by atoms with E-state index in [0.29, 0.717) is 31.4 Å². The van der Waals surface area contributed by atoms with Crippen molar-refractivity contribution in [2.45, 2.75) is 39.7 Å². The number of carbonyl (C=O) groups excluding carboxylic acids is 1. The molecular formula is C18H29N5O2. The number of primary amides is 1. The van der Waals surface area contributed by atoms with Gasteiger partial charge in [0.15, 0.2) is 5.96 Å². The van der Waals surface area contributed by atoms with Crippen LogP contribution in [0, 0.1) is 5.92 Å². The predicted octanol–water partition coefficient (Wildman–Crippen LogP) is 1.53. The van der Waals surface area contributed by atoms with Crippen LogP contribution < -0.4 is 15.8 Å². The number of piperidine rings is 1. The van der Waals surface area contributed by atoms with Gasteiger partial charge in [0.2, 0.25) is 11.8 Å². The Kier molecular flexibility index (Phi) is 7.50. The second-order valence-electron chi connectivity index (χ2n) is 6.20. The summed E-state index contributed by atoms with van der Waals surface area (Å²) >= 11 is 0. The standard InChI is InChI=1S/C18H29N5O2/c1-3-20-18(23-10-6-7-14(13-23)11-16(19)24)22-12-15-8-5-9-21-17(15)25-4-2/h5,8-9,14H,3-4,6-7,10-13H2,1-2H3,(H2,19,24)(H,20,22). The number of hydrogen-bond donors (Lipinski definition) is 2. The van der Waals surface area contributed by atoms with E-state index in [0.717, 1.165) is 44.0 Å². The van der Waals surface area contributed by atoms with Gasteiger partial charge in [0.1, 0.15) is 0 Å². The highest BCUT2D eigenvalue weighted by atomic mass is 16.5. The van der Waals surface area contributed by atoms with Gasteiger partial charge in [0.05, 0.1) is 13.2 Å². The molecule has 2 rings (SSSR count). The number of guanidine groups is 1. The van der Waals surface area contributed by atoms with Crippen molar-refractivity contribution < 1.29 is 9.53 Å². The van der Waals surface area contributed by atoms with Crippen molar-refractivity contribution in [1.82, 2.24) is 15.2 Å². The molecule has 1 fully saturated rings. The number of nitrogens with one attached hydrogen (secondary N) is 1. The quantitative estimate of drug-likeness (QED) is 0.576. The summed E-state index contributed by atoms with van der Waals surface area (Å²) in [5, 5.41) is 3.35. The number of rotatable bonds is 7. The molecule has 3 N–H and O–H groups in total. The van der Waals surface area contributed by atoms with Crippen molar-refractivity contribution in [1.29, 1.82) is 0 Å². The minimum Gasteiger partial charge on any atom is -0.478 e. The van der Waals surface area contributed by atoms with Crippen LogP contribution in [0.1, 0.15) is 38.7 Å². The van der Waals surface area contributed by atoms with E-state index in [2.05, 4.69) is 22.1 Å². The predicted molar refractivity (Wildman–Crippen MR) is 98.3 cm³/mol. The van der Waals surface area contributed by atoms with E-state index in [-0.39, 0.29) is 5.91 Å². The first-order valence-electron chi connectivity index (χ1n) is 9.02. The lowest BCUT2D eigenvalue weighted by Gasteiger charge is -2.34. The topological polar surface area (TPSA) is 92.8 Å². The summed E-state index contributed by atoms with van der Waals surface area (Å²) in [6.45, 7) is 7.61. The number of nitrogens with two attached hydrogens (primary N) is 1. The van der Waals surface area contributed by atoms with Gasteiger partial charge < -0.3 is 20.7 Å². The Bertz CT molecular complexity index is 591. The zero-order valence-electron chi connectivity index (χ0n) is 15.2. The summed E-state index contributed by atoms with van der Waals surface area (Å²) in [6, 6.07) is 3.88. The molecule has 0 spiro atoms. The third kappa shape index (κ3) is 5.92. The Morgan fingerprint density at radius 2 is 2.36 bits per heavy atom. The van der Waals surface area contributed by atoms with Crippen LogP contribution >= 0.6 is 0 Å². The lowest BCUT2D eigenvalue weighted by molar-refractivity contribution is -0.119. The van der Waals surface area contributed by atoms with E-state index in [4.69, 9.17) is 15.5 Å². The van der Waals surface area contributed by atoms with Crippen molar-refractivity contribution in [2.75, 3.05) is 26.2 Å². The first-order valence-corrected chi connectivity index (χ1v) is 9.02. The summed E-state index contributed by atoms with van der Waals surface area (Å²) in [4.78, 5) is 22.5. The second-order valence-corrected chi connectivity index (χ2v) is 6.20. The average molecular weight is 347 g/mol. The van der Waals surface area contributed by atoms with Crippen molar-refractivity contribution >= 4 is 11.9 Å². The number of aliphatic imine (C=N–C) groups is 1. The minimum absolute atomic E-state index is 0.231. The fraction of sp³-hybridized carbons (Fsp3) is 0.611. The van der Waals surface area contributed by atoms with Crippen molar-refractivity contribution in [3.05, 3.63) is 23.9 Å². The highest BCUT2D eigenvalue weighted by Gasteiger charge is 2.23. The molecule has 1 unspecified atom stereocenters. The fourth-order valence-electron chi connectivity index (χ4n) is 3.11. The molecule has 0 saturated carbocycles. The lowest BCUT2D eigenvalue weighted by Crippen LogP contribution is -2.47. The number of likely N-dealkylation sites (tertiary alicyclic amines) is 1. The van der Waals surface area contributed by atoms with Crippen LogP contribution in [0.3, 0.4) is 0 Å². The zero-order chi connectivity index (χ0) is 18.1. The molecule has 1 aliphatic heterocycles. The van der Waals surface area contributed by atoms with Gasteiger partial charge in [-0.2, -0.15) is 0 Å². The summed E-state index contributed by atoms with van der Waals surface area (Å²) in [5.41, 5.74) is 6.32. The molecule has 0 aliphatic carbocycles. The number of hydrogen-bond acceptors (Lipinski definition) is 4. The van der Waals surface area contributed by atoms with Crippen LogP contribution in [0.2, 0.25) is 0 Å². The molecule has 1 aliphatic rings. The molecule has 7 nitrogen and oxygen atoms in total. The molecule has 1 aromatic rings. The van der Waals surface area contributed by atoms with Gasteiger partial charge >= 0.3 is 0 Å². The SMILES string of the molecule is CCNC(=NCc1cccnc1OCC)N1CCCC(CC(N)=O)C1. The highest BCUT2D eigenvalue weighted by Crippen LogP contribution is 2.20. The maximum absolute atomic E-state index is 11.2. The Labute approximate surface area is 149 Å². The van der Waals surface area contributed by atoms with Crippen LogP contribution in [0.15, 0.2) is 23.3 Å². The van der Waals surface area contributed by atoms with Gasteiger partial charge in [-0.05, 0) is 38.7 Å². The molecule has 1 saturated heterocycles. The molecule has 138 valence electrons. The van der Waals surface area contributed by atoms with Crippen LogP contribution in [0.4, 0.5) is 0 Å². The number of carbonyl (C=O) groups is 1. The minimum atomic E-state index is -0.231. The molecule has 0 aromatic carbocycles. The van der Waals surface area contributed by atoms with Gasteiger partial charge in [-0.15, -0.1) is 0 Å². The van der Waals surface area contributed by atoms with Crippen LogP contribution in [0.25, 0.3) is 0 Å². The first-order chi connectivity index (χ1) is 12.1. The largest absolute Gasteiger partial charge is 0.478 e. The summed E-state index contributed by atoms with van der Waals surface area (Å²) < 4.78 is 5.57. The lowest BCUT2D eigenvalue weighted by atomic mass is 9.95. The van der Waals surface area contributed by atoms with Crippen molar-refractivity contribution in [3.8, 4) is 5.88 Å². The number of aromatic nitrogens is 1. The molecule has 0 radical (unpaired) electrons. The Hall–Kier alpha value is -2.31. The molecule has 1 aromatic heterocycles. The van der Waals surface area contributed by atoms with E-state index in [1.807, 2.05) is 19.1 Å². The fourth-order valence-corrected chi connectivity index (χ4v) is 3.11. The molecule has 0 bridgehead atoms. The van der Waals surface area contributed by atoms with Crippen molar-refractivity contribution in [2.24, 2.45) is 16.6 Å². The smallest absolute Gasteiger partial charge is 0.218 e. The monoisotopic (exact) mass is 347 g/mol. The second kappa shape index (κ2) is 9.86. The average Bonchev–Trinajstić information content (AvgIpc) is 2.59. The van der Waals surface area contributed by atoms with Gasteiger partial charge in [0, 0.05) is 37.8 Å². The number of amides is 1. The van der Waals surface area contributed by atoms with Gasteiger partial charge in [-0.3, -0.25) is 4.79 Å². The summed E-state index contributed by atoms with van der Waals surface area (Å²) in [6.07, 6.45) is 4.24. The van der Waals surface area contributed by atoms with Gasteiger partial charge in [-0.1, -0.05) is 6.07 Å². The van der Waals surface area contributed by atoms with Crippen LogP contribution in [-0.2, 0) is 11.3 Å². The summed E-state index contributed by atoms with van der Waals surface area (Å²) in [7, 11) is 0. The van der Waals surface area contributed by atoms with Gasteiger partial charge in [-0.25, -0.2) is 9.98 Å². The zero-order valence-corrected chi connectivity index (χ0v) is 15.2. The molecule has 2 heterocycles. The number of pyridine rings is 1. The highest BCUT2D eigenvalue weighted by molar-refractivity contribution is 5.80. The normalized spacial score (nSPS) is 18.1. The van der Waals surface area contributed by atoms with Crippen LogP contribution in [-0.4, -0.2) is 48.0 Å². The van der Waals surface area contributed by atoms with E-state index in [1.54, 1.807) is 6.20 Å². The maximum atomic E-state index is 11.2. The first kappa shape index (κ1) is 19.0. The maximum Gasteiger partial charge on any atom is 0.218 e. The van der Waals surface area contributed by atoms with E-state index in [9.17, 15) is 4.79 Å². The molecule has 25 heavy (non-hydrogen) atoms. The number of nitrogens with zero attached hydrogens (tertiary/aromatic N) is 3. The summed E-state index contributed by atoms with van der Waals surface area (Å²) in [5.74, 6) is 1.57. The van der Waals surface area contributed by atoms with E-state index < -0.39 is 0 Å². The molecule has 1 atom stereocenters. The molecular weight excluding hydrogens is 318 g/mol. The third-order valence-corrected chi connectivity index (χ3v) is 4.17. The van der Waals surface area contributed by atoms with E-state index >= 15 is 0 Å². The van der Waals surface area contributed by atoms with Crippen LogP contribution in [0.5, 0.6) is 5.88 Å². The molecule has 7 heteroatoms. The number of ether oxygens (including phenoxy) is 1.